The third-order valence-electron chi connectivity index (χ3n) is 2.64. The first-order valence-electron chi connectivity index (χ1n) is 6.23. The van der Waals surface area contributed by atoms with Crippen LogP contribution in [0.15, 0.2) is 36.5 Å². The number of nitrogens with zero attached hydrogens (tertiary/aromatic N) is 5. The quantitative estimate of drug-likeness (QED) is 0.618. The number of hydrogen-bond donors (Lipinski definition) is 3. The number of anilines is 4. The smallest absolute Gasteiger partial charge is 0.232 e. The van der Waals surface area contributed by atoms with E-state index in [0.29, 0.717) is 17.2 Å². The molecule has 3 rings (SSSR count). The van der Waals surface area contributed by atoms with Crippen molar-refractivity contribution in [3.63, 3.8) is 0 Å². The first-order chi connectivity index (χ1) is 10.6. The average Bonchev–Trinajstić information content (AvgIpc) is 2.49. The Hall–Kier alpha value is -3.36. The van der Waals surface area contributed by atoms with Crippen molar-refractivity contribution in [1.82, 2.24) is 24.9 Å². The van der Waals surface area contributed by atoms with Gasteiger partial charge in [0.2, 0.25) is 17.8 Å². The molecule has 0 radical (unpaired) electrons. The Morgan fingerprint density at radius 2 is 1.82 bits per heavy atom. The third kappa shape index (κ3) is 3.03. The van der Waals surface area contributed by atoms with Crippen LogP contribution in [-0.2, 0) is 0 Å². The van der Waals surface area contributed by atoms with Crippen molar-refractivity contribution in [1.29, 1.82) is 0 Å². The summed E-state index contributed by atoms with van der Waals surface area (Å²) in [5.74, 6) is 0.253. The van der Waals surface area contributed by atoms with Crippen LogP contribution in [0.1, 0.15) is 0 Å². The molecule has 3 heterocycles. The lowest BCUT2D eigenvalue weighted by atomic mass is 10.3. The molecule has 0 amide bonds. The number of hydrogen-bond acceptors (Lipinski definition) is 8. The zero-order valence-corrected chi connectivity index (χ0v) is 11.2. The van der Waals surface area contributed by atoms with Gasteiger partial charge >= 0.3 is 0 Å². The van der Waals surface area contributed by atoms with E-state index < -0.39 is 5.95 Å². The molecule has 22 heavy (non-hydrogen) atoms. The van der Waals surface area contributed by atoms with Gasteiger partial charge < -0.3 is 16.8 Å². The number of nitrogens with one attached hydrogen (secondary N) is 1. The molecule has 9 heteroatoms. The zero-order chi connectivity index (χ0) is 15.5. The highest BCUT2D eigenvalue weighted by atomic mass is 19.1. The SMILES string of the molecule is Nc1cccc(-c2nc(N)nc(Nc3ccc(F)nc3)n2)n1. The van der Waals surface area contributed by atoms with E-state index in [1.807, 2.05) is 0 Å². The van der Waals surface area contributed by atoms with E-state index in [1.54, 1.807) is 18.2 Å². The standard InChI is InChI=1S/C13H11FN8/c14-9-5-4-7(6-17-9)18-13-21-11(20-12(16)22-13)8-2-1-3-10(15)19-8/h1-6H,(H2,15,19)(H3,16,18,20,21,22). The number of nitrogen functional groups attached to an aromatic ring is 2. The van der Waals surface area contributed by atoms with E-state index in [-0.39, 0.29) is 17.7 Å². The van der Waals surface area contributed by atoms with Crippen molar-refractivity contribution in [2.24, 2.45) is 0 Å². The van der Waals surface area contributed by atoms with Crippen molar-refractivity contribution < 1.29 is 4.39 Å². The maximum absolute atomic E-state index is 12.8. The summed E-state index contributed by atoms with van der Waals surface area (Å²) in [4.78, 5) is 19.8. The number of pyridine rings is 2. The van der Waals surface area contributed by atoms with E-state index in [4.69, 9.17) is 11.5 Å². The van der Waals surface area contributed by atoms with E-state index in [9.17, 15) is 4.39 Å². The molecule has 0 aliphatic carbocycles. The molecule has 0 unspecified atom stereocenters. The number of aromatic nitrogens is 5. The van der Waals surface area contributed by atoms with Gasteiger partial charge in [-0.25, -0.2) is 9.97 Å². The van der Waals surface area contributed by atoms with Crippen LogP contribution in [0.4, 0.5) is 27.8 Å². The Kier molecular flexibility index (Phi) is 3.44. The summed E-state index contributed by atoms with van der Waals surface area (Å²) in [6.07, 6.45) is 1.31. The van der Waals surface area contributed by atoms with Gasteiger partial charge in [0.1, 0.15) is 11.5 Å². The van der Waals surface area contributed by atoms with Gasteiger partial charge in [-0.05, 0) is 24.3 Å². The van der Waals surface area contributed by atoms with E-state index >= 15 is 0 Å². The first kappa shape index (κ1) is 13.6. The highest BCUT2D eigenvalue weighted by Gasteiger charge is 2.09. The molecule has 110 valence electrons. The molecule has 8 nitrogen and oxygen atoms in total. The predicted molar refractivity (Wildman–Crippen MR) is 79.4 cm³/mol. The van der Waals surface area contributed by atoms with Crippen molar-refractivity contribution in [3.8, 4) is 11.5 Å². The lowest BCUT2D eigenvalue weighted by molar-refractivity contribution is 0.584. The number of nitrogens with two attached hydrogens (primary N) is 2. The molecule has 0 saturated carbocycles. The monoisotopic (exact) mass is 298 g/mol. The zero-order valence-electron chi connectivity index (χ0n) is 11.2. The van der Waals surface area contributed by atoms with Crippen LogP contribution in [0.5, 0.6) is 0 Å². The summed E-state index contributed by atoms with van der Waals surface area (Å²) in [7, 11) is 0. The summed E-state index contributed by atoms with van der Waals surface area (Å²) < 4.78 is 12.8. The van der Waals surface area contributed by atoms with Crippen LogP contribution in [0.2, 0.25) is 0 Å². The Morgan fingerprint density at radius 1 is 0.955 bits per heavy atom. The minimum Gasteiger partial charge on any atom is -0.384 e. The number of rotatable bonds is 3. The lowest BCUT2D eigenvalue weighted by Crippen LogP contribution is -2.06. The van der Waals surface area contributed by atoms with Gasteiger partial charge in [-0.15, -0.1) is 0 Å². The fourth-order valence-corrected chi connectivity index (χ4v) is 1.72. The molecule has 0 saturated heterocycles. The molecule has 0 fully saturated rings. The Morgan fingerprint density at radius 3 is 2.55 bits per heavy atom. The highest BCUT2D eigenvalue weighted by molar-refractivity contribution is 5.58. The minimum atomic E-state index is -0.578. The van der Waals surface area contributed by atoms with Gasteiger partial charge in [0.15, 0.2) is 5.82 Å². The van der Waals surface area contributed by atoms with Crippen LogP contribution < -0.4 is 16.8 Å². The fraction of sp³-hybridized carbons (Fsp3) is 0. The van der Waals surface area contributed by atoms with E-state index in [0.717, 1.165) is 0 Å². The van der Waals surface area contributed by atoms with Gasteiger partial charge in [-0.2, -0.15) is 19.3 Å². The van der Waals surface area contributed by atoms with Crippen LogP contribution in [0.25, 0.3) is 11.5 Å². The molecule has 5 N–H and O–H groups in total. The van der Waals surface area contributed by atoms with Gasteiger partial charge in [0.25, 0.3) is 0 Å². The maximum Gasteiger partial charge on any atom is 0.232 e. The van der Waals surface area contributed by atoms with Gasteiger partial charge in [0.05, 0.1) is 11.9 Å². The van der Waals surface area contributed by atoms with Crippen LogP contribution in [0.3, 0.4) is 0 Å². The highest BCUT2D eigenvalue weighted by Crippen LogP contribution is 2.18. The average molecular weight is 298 g/mol. The van der Waals surface area contributed by atoms with Crippen LogP contribution >= 0.6 is 0 Å². The van der Waals surface area contributed by atoms with Crippen LogP contribution in [0, 0.1) is 5.95 Å². The molecule has 0 bridgehead atoms. The second-order valence-electron chi connectivity index (χ2n) is 4.28. The van der Waals surface area contributed by atoms with Crippen molar-refractivity contribution in [2.45, 2.75) is 0 Å². The summed E-state index contributed by atoms with van der Waals surface area (Å²) in [5.41, 5.74) is 12.3. The molecular weight excluding hydrogens is 287 g/mol. The molecular formula is C13H11FN8. The largest absolute Gasteiger partial charge is 0.384 e. The predicted octanol–water partition coefficient (Wildman–Crippen LogP) is 1.38. The Balaban J connectivity index is 1.94. The van der Waals surface area contributed by atoms with Gasteiger partial charge in [-0.1, -0.05) is 6.07 Å². The van der Waals surface area contributed by atoms with Gasteiger partial charge in [0, 0.05) is 0 Å². The van der Waals surface area contributed by atoms with E-state index in [1.165, 1.54) is 18.3 Å². The minimum absolute atomic E-state index is 0.0202. The summed E-state index contributed by atoms with van der Waals surface area (Å²) in [5, 5.41) is 2.87. The van der Waals surface area contributed by atoms with Crippen molar-refractivity contribution >= 4 is 23.4 Å². The normalized spacial score (nSPS) is 10.4. The second kappa shape index (κ2) is 5.56. The molecule has 0 atom stereocenters. The summed E-state index contributed by atoms with van der Waals surface area (Å²) in [6.45, 7) is 0. The summed E-state index contributed by atoms with van der Waals surface area (Å²) >= 11 is 0. The molecule has 0 aliphatic rings. The Labute approximate surface area is 124 Å². The maximum atomic E-state index is 12.8. The van der Waals surface area contributed by atoms with Crippen LogP contribution in [-0.4, -0.2) is 24.9 Å². The fourth-order valence-electron chi connectivity index (χ4n) is 1.72. The lowest BCUT2D eigenvalue weighted by Gasteiger charge is -2.07. The molecule has 0 aliphatic heterocycles. The number of halogens is 1. The molecule has 3 aromatic rings. The van der Waals surface area contributed by atoms with Crippen molar-refractivity contribution in [2.75, 3.05) is 16.8 Å². The molecule has 3 aromatic heterocycles. The molecule has 0 spiro atoms. The second-order valence-corrected chi connectivity index (χ2v) is 4.28. The van der Waals surface area contributed by atoms with Crippen molar-refractivity contribution in [3.05, 3.63) is 42.5 Å². The summed E-state index contributed by atoms with van der Waals surface area (Å²) in [6, 6.07) is 7.80. The molecule has 0 aromatic carbocycles. The first-order valence-corrected chi connectivity index (χ1v) is 6.23. The van der Waals surface area contributed by atoms with E-state index in [2.05, 4.69) is 30.2 Å². The third-order valence-corrected chi connectivity index (χ3v) is 2.64. The Bertz CT molecular complexity index is 805. The van der Waals surface area contributed by atoms with Gasteiger partial charge in [-0.3, -0.25) is 0 Å². The topological polar surface area (TPSA) is 129 Å².